The summed E-state index contributed by atoms with van der Waals surface area (Å²) in [5.74, 6) is 0.158. The van der Waals surface area contributed by atoms with E-state index in [2.05, 4.69) is 5.32 Å². The molecule has 0 aliphatic rings. The largest absolute Gasteiger partial charge is 0.497 e. The zero-order chi connectivity index (χ0) is 20.7. The first kappa shape index (κ1) is 22.1. The number of hydrogen-bond acceptors (Lipinski definition) is 5. The Balaban J connectivity index is 1.85. The topological polar surface area (TPSA) is 73.9 Å². The molecule has 9 heteroatoms. The van der Waals surface area contributed by atoms with E-state index in [-0.39, 0.29) is 22.2 Å². The van der Waals surface area contributed by atoms with Gasteiger partial charge in [0.1, 0.15) is 11.5 Å². The molecule has 1 amide bonds. The fourth-order valence-corrected chi connectivity index (χ4v) is 3.22. The Morgan fingerprint density at radius 3 is 2.04 bits per heavy atom. The maximum atomic E-state index is 12.0. The molecule has 0 fully saturated rings. The number of methoxy groups -OCH3 is 2. The first-order valence-corrected chi connectivity index (χ1v) is 9.27. The van der Waals surface area contributed by atoms with E-state index in [4.69, 9.17) is 49.0 Å². The third-order valence-electron chi connectivity index (χ3n) is 3.66. The van der Waals surface area contributed by atoms with Gasteiger partial charge < -0.3 is 19.5 Å². The number of halogens is 3. The maximum absolute atomic E-state index is 12.0. The molecule has 2 aromatic carbocycles. The lowest BCUT2D eigenvalue weighted by atomic mass is 10.1. The van der Waals surface area contributed by atoms with E-state index in [1.807, 2.05) is 0 Å². The van der Waals surface area contributed by atoms with Crippen LogP contribution in [0.2, 0.25) is 15.1 Å². The minimum atomic E-state index is -0.567. The molecule has 150 valence electrons. The Kier molecular flexibility index (Phi) is 8.23. The van der Waals surface area contributed by atoms with Crippen LogP contribution in [0, 0.1) is 0 Å². The molecule has 2 rings (SSSR count). The van der Waals surface area contributed by atoms with Crippen LogP contribution in [0.15, 0.2) is 30.3 Å². The van der Waals surface area contributed by atoms with E-state index in [0.717, 1.165) is 5.56 Å². The molecule has 1 N–H and O–H groups in total. The molecular formula is C19H18Cl3NO5. The number of aryl methyl sites for hydroxylation is 1. The summed E-state index contributed by atoms with van der Waals surface area (Å²) in [5.41, 5.74) is 1.05. The Bertz CT molecular complexity index is 827. The van der Waals surface area contributed by atoms with Gasteiger partial charge in [0, 0.05) is 17.5 Å². The van der Waals surface area contributed by atoms with E-state index in [1.54, 1.807) is 32.4 Å². The van der Waals surface area contributed by atoms with Crippen LogP contribution in [0.4, 0.5) is 5.69 Å². The van der Waals surface area contributed by atoms with Crippen LogP contribution >= 0.6 is 34.8 Å². The molecule has 0 spiro atoms. The summed E-state index contributed by atoms with van der Waals surface area (Å²) in [6.45, 7) is -0.463. The van der Waals surface area contributed by atoms with Crippen LogP contribution in [-0.2, 0) is 20.7 Å². The number of esters is 1. The second kappa shape index (κ2) is 10.4. The van der Waals surface area contributed by atoms with E-state index in [1.165, 1.54) is 12.1 Å². The number of benzene rings is 2. The van der Waals surface area contributed by atoms with Crippen LogP contribution in [0.1, 0.15) is 12.0 Å². The number of amides is 1. The fraction of sp³-hybridized carbons (Fsp3) is 0.263. The molecule has 0 aromatic heterocycles. The molecule has 0 aliphatic heterocycles. The van der Waals surface area contributed by atoms with E-state index >= 15 is 0 Å². The van der Waals surface area contributed by atoms with Gasteiger partial charge in [-0.1, -0.05) is 34.8 Å². The zero-order valence-electron chi connectivity index (χ0n) is 15.2. The number of carbonyl (C=O) groups is 2. The summed E-state index contributed by atoms with van der Waals surface area (Å²) >= 11 is 17.8. The van der Waals surface area contributed by atoms with Gasteiger partial charge in [-0.05, 0) is 36.2 Å². The van der Waals surface area contributed by atoms with E-state index in [9.17, 15) is 9.59 Å². The van der Waals surface area contributed by atoms with Crippen molar-refractivity contribution in [1.82, 2.24) is 0 Å². The third kappa shape index (κ3) is 6.48. The monoisotopic (exact) mass is 445 g/mol. The average Bonchev–Trinajstić information content (AvgIpc) is 2.67. The van der Waals surface area contributed by atoms with Crippen LogP contribution in [0.25, 0.3) is 0 Å². The molecule has 0 heterocycles. The number of nitrogens with one attached hydrogen (secondary N) is 1. The van der Waals surface area contributed by atoms with Crippen molar-refractivity contribution in [2.75, 3.05) is 26.1 Å². The molecule has 0 atom stereocenters. The van der Waals surface area contributed by atoms with Crippen molar-refractivity contribution in [2.45, 2.75) is 12.8 Å². The smallest absolute Gasteiger partial charge is 0.306 e. The maximum Gasteiger partial charge on any atom is 0.306 e. The van der Waals surface area contributed by atoms with Crippen molar-refractivity contribution in [1.29, 1.82) is 0 Å². The SMILES string of the molecule is COc1cc(CCC(=O)OCC(=O)Nc2c(Cl)cc(Cl)cc2Cl)cc(OC)c1. The number of carbonyl (C=O) groups excluding carboxylic acids is 2. The summed E-state index contributed by atoms with van der Waals surface area (Å²) < 4.78 is 15.4. The Morgan fingerprint density at radius 2 is 1.50 bits per heavy atom. The molecule has 0 aliphatic carbocycles. The Hall–Kier alpha value is -2.15. The summed E-state index contributed by atoms with van der Waals surface area (Å²) in [6, 6.07) is 8.22. The Labute approximate surface area is 177 Å². The zero-order valence-corrected chi connectivity index (χ0v) is 17.5. The molecule has 0 saturated heterocycles. The van der Waals surface area contributed by atoms with Crippen molar-refractivity contribution in [3.05, 3.63) is 51.0 Å². The van der Waals surface area contributed by atoms with Gasteiger partial charge in [0.25, 0.3) is 5.91 Å². The van der Waals surface area contributed by atoms with Gasteiger partial charge in [-0.15, -0.1) is 0 Å². The number of rotatable bonds is 8. The summed E-state index contributed by atoms with van der Waals surface area (Å²) in [5, 5.41) is 3.20. The molecule has 28 heavy (non-hydrogen) atoms. The molecule has 2 aromatic rings. The highest BCUT2D eigenvalue weighted by Crippen LogP contribution is 2.33. The number of hydrogen-bond donors (Lipinski definition) is 1. The lowest BCUT2D eigenvalue weighted by Crippen LogP contribution is -2.21. The van der Waals surface area contributed by atoms with Crippen molar-refractivity contribution in [2.24, 2.45) is 0 Å². The lowest BCUT2D eigenvalue weighted by molar-refractivity contribution is -0.147. The van der Waals surface area contributed by atoms with Crippen molar-refractivity contribution >= 4 is 52.4 Å². The van der Waals surface area contributed by atoms with Crippen molar-refractivity contribution < 1.29 is 23.8 Å². The minimum absolute atomic E-state index is 0.0893. The molecule has 6 nitrogen and oxygen atoms in total. The number of ether oxygens (including phenoxy) is 3. The van der Waals surface area contributed by atoms with Gasteiger partial charge in [-0.2, -0.15) is 0 Å². The molecular weight excluding hydrogens is 429 g/mol. The summed E-state index contributed by atoms with van der Waals surface area (Å²) in [7, 11) is 3.09. The summed E-state index contributed by atoms with van der Waals surface area (Å²) in [6.07, 6.45) is 0.495. The first-order chi connectivity index (χ1) is 13.3. The Morgan fingerprint density at radius 1 is 0.929 bits per heavy atom. The minimum Gasteiger partial charge on any atom is -0.497 e. The van der Waals surface area contributed by atoms with Gasteiger partial charge in [0.05, 0.1) is 30.0 Å². The standard InChI is InChI=1S/C19H18Cl3NO5/c1-26-13-5-11(6-14(9-13)27-2)3-4-18(25)28-10-17(24)23-19-15(21)7-12(20)8-16(19)22/h5-9H,3-4,10H2,1-2H3,(H,23,24). The van der Waals surface area contributed by atoms with Gasteiger partial charge in [0.2, 0.25) is 0 Å². The van der Waals surface area contributed by atoms with Crippen molar-refractivity contribution in [3.8, 4) is 11.5 Å². The molecule has 0 bridgehead atoms. The van der Waals surface area contributed by atoms with Gasteiger partial charge >= 0.3 is 5.97 Å². The lowest BCUT2D eigenvalue weighted by Gasteiger charge is -2.11. The van der Waals surface area contributed by atoms with Crippen LogP contribution < -0.4 is 14.8 Å². The fourth-order valence-electron chi connectivity index (χ4n) is 2.31. The van der Waals surface area contributed by atoms with Crippen LogP contribution in [0.5, 0.6) is 11.5 Å². The van der Waals surface area contributed by atoms with E-state index < -0.39 is 18.5 Å². The molecule has 0 saturated carbocycles. The highest BCUT2D eigenvalue weighted by atomic mass is 35.5. The van der Waals surface area contributed by atoms with E-state index in [0.29, 0.717) is 22.9 Å². The second-order valence-electron chi connectivity index (χ2n) is 5.67. The second-order valence-corrected chi connectivity index (χ2v) is 6.93. The predicted octanol–water partition coefficient (Wildman–Crippen LogP) is 4.78. The van der Waals surface area contributed by atoms with Crippen LogP contribution in [-0.4, -0.2) is 32.7 Å². The number of anilines is 1. The summed E-state index contributed by atoms with van der Waals surface area (Å²) in [4.78, 5) is 23.9. The van der Waals surface area contributed by atoms with Crippen LogP contribution in [0.3, 0.4) is 0 Å². The normalized spacial score (nSPS) is 10.3. The third-order valence-corrected chi connectivity index (χ3v) is 4.48. The highest BCUT2D eigenvalue weighted by Gasteiger charge is 2.13. The van der Waals surface area contributed by atoms with Crippen molar-refractivity contribution in [3.63, 3.8) is 0 Å². The molecule has 0 radical (unpaired) electrons. The quantitative estimate of drug-likeness (QED) is 0.591. The van der Waals surface area contributed by atoms with Gasteiger partial charge in [-0.25, -0.2) is 0 Å². The highest BCUT2D eigenvalue weighted by molar-refractivity contribution is 6.42. The molecule has 0 unspecified atom stereocenters. The predicted molar refractivity (Wildman–Crippen MR) is 109 cm³/mol. The van der Waals surface area contributed by atoms with Gasteiger partial charge in [0.15, 0.2) is 6.61 Å². The average molecular weight is 447 g/mol. The van der Waals surface area contributed by atoms with Gasteiger partial charge in [-0.3, -0.25) is 9.59 Å². The first-order valence-electron chi connectivity index (χ1n) is 8.14.